The number of piperidine rings is 1. The van der Waals surface area contributed by atoms with Gasteiger partial charge >= 0.3 is 0 Å². The second-order valence-corrected chi connectivity index (χ2v) is 9.99. The highest BCUT2D eigenvalue weighted by Crippen LogP contribution is 2.40. The number of hydrogen-bond acceptors (Lipinski definition) is 4. The molecule has 5 nitrogen and oxygen atoms in total. The van der Waals surface area contributed by atoms with Gasteiger partial charge in [-0.2, -0.15) is 4.98 Å². The fraction of sp³-hybridized carbons (Fsp3) is 0.542. The molecule has 2 aliphatic heterocycles. The maximum atomic E-state index is 13.5. The molecule has 4 heterocycles. The molecule has 3 aromatic rings. The summed E-state index contributed by atoms with van der Waals surface area (Å²) >= 11 is 6.27. The molecule has 2 aliphatic rings. The predicted molar refractivity (Wildman–Crippen MR) is 123 cm³/mol. The Morgan fingerprint density at radius 3 is 2.78 bits per heavy atom. The van der Waals surface area contributed by atoms with Crippen molar-refractivity contribution in [2.75, 3.05) is 24.5 Å². The number of anilines is 1. The largest absolute Gasteiger partial charge is 0.432 e. The van der Waals surface area contributed by atoms with Crippen LogP contribution in [0.5, 0.6) is 0 Å². The molecule has 0 saturated carbocycles. The number of nitrogens with zero attached hydrogens (tertiary/aromatic N) is 3. The minimum atomic E-state index is -2.54. The molecule has 1 aromatic carbocycles. The van der Waals surface area contributed by atoms with Gasteiger partial charge in [-0.1, -0.05) is 25.4 Å². The van der Waals surface area contributed by atoms with E-state index < -0.39 is 5.92 Å². The Hall–Kier alpha value is -2.12. The summed E-state index contributed by atoms with van der Waals surface area (Å²) in [5.41, 5.74) is 4.43. The minimum Gasteiger partial charge on any atom is -0.432 e. The lowest BCUT2D eigenvalue weighted by atomic mass is 9.92. The Morgan fingerprint density at radius 1 is 1.25 bits per heavy atom. The highest BCUT2D eigenvalue weighted by atomic mass is 35.5. The number of oxazole rings is 1. The minimum absolute atomic E-state index is 0.0898. The van der Waals surface area contributed by atoms with Crippen LogP contribution in [0.2, 0.25) is 5.02 Å². The third-order valence-corrected chi connectivity index (χ3v) is 6.90. The number of aromatic amines is 1. The smallest absolute Gasteiger partial charge is 0.298 e. The van der Waals surface area contributed by atoms with Crippen molar-refractivity contribution in [2.45, 2.75) is 58.0 Å². The number of H-pyrrole nitrogens is 1. The van der Waals surface area contributed by atoms with Crippen LogP contribution < -0.4 is 4.90 Å². The first-order valence-corrected chi connectivity index (χ1v) is 11.8. The van der Waals surface area contributed by atoms with Crippen LogP contribution >= 0.6 is 11.6 Å². The lowest BCUT2D eigenvalue weighted by Crippen LogP contribution is -2.39. The molecule has 1 saturated heterocycles. The van der Waals surface area contributed by atoms with Crippen molar-refractivity contribution in [1.82, 2.24) is 14.9 Å². The Labute approximate surface area is 191 Å². The first kappa shape index (κ1) is 21.7. The molecule has 2 aromatic heterocycles. The molecule has 1 atom stereocenters. The molecule has 0 amide bonds. The van der Waals surface area contributed by atoms with Gasteiger partial charge in [0, 0.05) is 60.6 Å². The van der Waals surface area contributed by atoms with Gasteiger partial charge in [0.2, 0.25) is 0 Å². The Bertz CT molecular complexity index is 1100. The van der Waals surface area contributed by atoms with E-state index in [9.17, 15) is 8.78 Å². The predicted octanol–water partition coefficient (Wildman–Crippen LogP) is 6.19. The van der Waals surface area contributed by atoms with Gasteiger partial charge in [0.15, 0.2) is 0 Å². The van der Waals surface area contributed by atoms with Gasteiger partial charge in [-0.05, 0) is 42.5 Å². The number of nitrogens with one attached hydrogen (secondary N) is 1. The molecule has 5 rings (SSSR count). The number of rotatable bonds is 5. The molecule has 0 spiro atoms. The molecule has 0 radical (unpaired) electrons. The Morgan fingerprint density at radius 2 is 2.03 bits per heavy atom. The number of alkyl halides is 2. The van der Waals surface area contributed by atoms with E-state index in [1.165, 1.54) is 16.6 Å². The van der Waals surface area contributed by atoms with Gasteiger partial charge in [0.1, 0.15) is 6.26 Å². The van der Waals surface area contributed by atoms with E-state index in [0.29, 0.717) is 31.6 Å². The second-order valence-electron chi connectivity index (χ2n) is 9.55. The quantitative estimate of drug-likeness (QED) is 0.491. The van der Waals surface area contributed by atoms with Crippen LogP contribution in [0.25, 0.3) is 10.9 Å². The maximum absolute atomic E-state index is 13.5. The van der Waals surface area contributed by atoms with Crippen molar-refractivity contribution in [3.63, 3.8) is 0 Å². The molecule has 0 aliphatic carbocycles. The van der Waals surface area contributed by atoms with Crippen LogP contribution in [-0.2, 0) is 13.0 Å². The third-order valence-electron chi connectivity index (χ3n) is 6.67. The fourth-order valence-corrected chi connectivity index (χ4v) is 5.20. The Balaban J connectivity index is 1.39. The van der Waals surface area contributed by atoms with E-state index in [4.69, 9.17) is 21.0 Å². The summed E-state index contributed by atoms with van der Waals surface area (Å²) < 4.78 is 32.8. The van der Waals surface area contributed by atoms with Crippen LogP contribution in [0.4, 0.5) is 14.8 Å². The van der Waals surface area contributed by atoms with E-state index in [1.54, 1.807) is 6.26 Å². The van der Waals surface area contributed by atoms with Crippen molar-refractivity contribution in [2.24, 2.45) is 5.92 Å². The first-order chi connectivity index (χ1) is 15.3. The molecule has 8 heteroatoms. The van der Waals surface area contributed by atoms with Crippen LogP contribution in [0.15, 0.2) is 28.9 Å². The van der Waals surface area contributed by atoms with Crippen molar-refractivity contribution >= 4 is 28.5 Å². The maximum Gasteiger partial charge on any atom is 0.298 e. The van der Waals surface area contributed by atoms with Crippen LogP contribution in [-0.4, -0.2) is 40.4 Å². The van der Waals surface area contributed by atoms with Crippen molar-refractivity contribution in [3.8, 4) is 0 Å². The van der Waals surface area contributed by atoms with E-state index in [-0.39, 0.29) is 18.9 Å². The highest BCUT2D eigenvalue weighted by molar-refractivity contribution is 6.31. The number of fused-ring (bicyclic) bond motifs is 3. The number of aromatic nitrogens is 2. The number of benzene rings is 1. The van der Waals surface area contributed by atoms with Crippen molar-refractivity contribution in [3.05, 3.63) is 46.4 Å². The zero-order valence-corrected chi connectivity index (χ0v) is 19.3. The monoisotopic (exact) mass is 462 g/mol. The molecular formula is C24H29ClF2N4O. The first-order valence-electron chi connectivity index (χ1n) is 11.4. The summed E-state index contributed by atoms with van der Waals surface area (Å²) in [6, 6.07) is 6.73. The average Bonchev–Trinajstić information content (AvgIpc) is 3.34. The number of likely N-dealkylation sites (tertiary alicyclic amines) is 1. The number of halogens is 3. The van der Waals surface area contributed by atoms with Gasteiger partial charge in [0.05, 0.1) is 11.7 Å². The van der Waals surface area contributed by atoms with Crippen LogP contribution in [0, 0.1) is 5.92 Å². The zero-order valence-electron chi connectivity index (χ0n) is 18.5. The molecule has 1 fully saturated rings. The van der Waals surface area contributed by atoms with E-state index in [0.717, 1.165) is 35.6 Å². The topological polar surface area (TPSA) is 48.3 Å². The molecular weight excluding hydrogens is 434 g/mol. The highest BCUT2D eigenvalue weighted by Gasteiger charge is 2.35. The van der Waals surface area contributed by atoms with Gasteiger partial charge < -0.3 is 14.3 Å². The van der Waals surface area contributed by atoms with Crippen LogP contribution in [0.3, 0.4) is 0 Å². The SMILES string of the molecule is CC(C)CC1c2[nH]c3ccc(Cl)cc3c2CCN1c1nc(CN2CCC(F)(F)CC2)co1. The fourth-order valence-electron chi connectivity index (χ4n) is 5.03. The standard InChI is InChI=1S/C24H29ClF2N4O/c1-15(2)11-21-22-18(19-12-16(25)3-4-20(19)29-22)5-8-31(21)23-28-17(14-32-23)13-30-9-6-24(26,27)7-10-30/h3-4,12,14-15,21,29H,5-11,13H2,1-2H3. The Kier molecular flexibility index (Phi) is 5.66. The molecule has 32 heavy (non-hydrogen) atoms. The summed E-state index contributed by atoms with van der Waals surface area (Å²) in [6.07, 6.45) is 3.34. The summed E-state index contributed by atoms with van der Waals surface area (Å²) in [7, 11) is 0. The van der Waals surface area contributed by atoms with Crippen molar-refractivity contribution < 1.29 is 13.2 Å². The van der Waals surface area contributed by atoms with Gasteiger partial charge in [-0.25, -0.2) is 8.78 Å². The molecule has 1 unspecified atom stereocenters. The second kappa shape index (κ2) is 8.34. The third kappa shape index (κ3) is 4.25. The molecule has 0 bridgehead atoms. The van der Waals surface area contributed by atoms with Gasteiger partial charge in [-0.15, -0.1) is 0 Å². The van der Waals surface area contributed by atoms with E-state index in [1.807, 2.05) is 23.1 Å². The normalized spacial score (nSPS) is 21.4. The van der Waals surface area contributed by atoms with E-state index in [2.05, 4.69) is 23.7 Å². The molecule has 172 valence electrons. The lowest BCUT2D eigenvalue weighted by molar-refractivity contribution is -0.0568. The van der Waals surface area contributed by atoms with Crippen LogP contribution in [0.1, 0.15) is 56.1 Å². The zero-order chi connectivity index (χ0) is 22.5. The summed E-state index contributed by atoms with van der Waals surface area (Å²) in [4.78, 5) is 12.7. The lowest BCUT2D eigenvalue weighted by Gasteiger charge is -2.35. The van der Waals surface area contributed by atoms with Crippen molar-refractivity contribution in [1.29, 1.82) is 0 Å². The summed E-state index contributed by atoms with van der Waals surface area (Å²) in [6.45, 7) is 6.56. The summed E-state index contributed by atoms with van der Waals surface area (Å²) in [5.74, 6) is -2.04. The van der Waals surface area contributed by atoms with Gasteiger partial charge in [0.25, 0.3) is 11.9 Å². The number of hydrogen-bond donors (Lipinski definition) is 1. The summed E-state index contributed by atoms with van der Waals surface area (Å²) in [5, 5.41) is 1.94. The van der Waals surface area contributed by atoms with Gasteiger partial charge in [-0.3, -0.25) is 4.90 Å². The average molecular weight is 463 g/mol. The molecule has 1 N–H and O–H groups in total. The van der Waals surface area contributed by atoms with E-state index >= 15 is 0 Å².